The molecular formula is C9H11NO. The highest BCUT2D eigenvalue weighted by molar-refractivity contribution is 5.47. The third kappa shape index (κ3) is 2.96. The molecule has 1 unspecified atom stereocenters. The second-order valence-electron chi connectivity index (χ2n) is 2.39. The molecule has 2 nitrogen and oxygen atoms in total. The van der Waals surface area contributed by atoms with Crippen LogP contribution in [0.4, 0.5) is 0 Å². The lowest BCUT2D eigenvalue weighted by Gasteiger charge is -1.93. The first-order valence-corrected chi connectivity index (χ1v) is 3.55. The van der Waals surface area contributed by atoms with Gasteiger partial charge in [0.25, 0.3) is 0 Å². The van der Waals surface area contributed by atoms with Gasteiger partial charge in [0.05, 0.1) is 6.10 Å². The van der Waals surface area contributed by atoms with E-state index in [1.54, 1.807) is 25.4 Å². The number of hydrogen-bond donors (Lipinski definition) is 1. The Bertz CT molecular complexity index is 229. The van der Waals surface area contributed by atoms with Crippen molar-refractivity contribution in [3.63, 3.8) is 0 Å². The molecule has 1 N–H and O–H groups in total. The van der Waals surface area contributed by atoms with Crippen molar-refractivity contribution in [3.05, 3.63) is 36.2 Å². The van der Waals surface area contributed by atoms with E-state index in [1.807, 2.05) is 18.2 Å². The fraction of sp³-hybridized carbons (Fsp3) is 0.222. The summed E-state index contributed by atoms with van der Waals surface area (Å²) in [6.45, 7) is 1.72. The highest BCUT2D eigenvalue weighted by atomic mass is 16.3. The summed E-state index contributed by atoms with van der Waals surface area (Å²) < 4.78 is 0. The van der Waals surface area contributed by atoms with E-state index in [-0.39, 0.29) is 0 Å². The number of rotatable bonds is 2. The van der Waals surface area contributed by atoms with Gasteiger partial charge in [-0.15, -0.1) is 0 Å². The summed E-state index contributed by atoms with van der Waals surface area (Å²) >= 11 is 0. The number of nitrogens with zero attached hydrogens (tertiary/aromatic N) is 1. The Balaban J connectivity index is 2.65. The first-order valence-electron chi connectivity index (χ1n) is 3.55. The van der Waals surface area contributed by atoms with Gasteiger partial charge in [0.1, 0.15) is 0 Å². The van der Waals surface area contributed by atoms with E-state index in [4.69, 9.17) is 5.11 Å². The first-order chi connectivity index (χ1) is 5.29. The molecular weight excluding hydrogens is 138 g/mol. The Morgan fingerprint density at radius 1 is 1.64 bits per heavy atom. The van der Waals surface area contributed by atoms with Crippen molar-refractivity contribution in [2.45, 2.75) is 13.0 Å². The molecule has 0 radical (unpaired) electrons. The quantitative estimate of drug-likeness (QED) is 0.690. The topological polar surface area (TPSA) is 33.1 Å². The minimum Gasteiger partial charge on any atom is -0.389 e. The molecule has 0 amide bonds. The van der Waals surface area contributed by atoms with Crippen molar-refractivity contribution < 1.29 is 5.11 Å². The van der Waals surface area contributed by atoms with Crippen LogP contribution in [0, 0.1) is 0 Å². The number of aromatic nitrogens is 1. The molecule has 1 atom stereocenters. The molecule has 58 valence electrons. The fourth-order valence-electron chi connectivity index (χ4n) is 0.725. The van der Waals surface area contributed by atoms with Gasteiger partial charge in [-0.2, -0.15) is 0 Å². The van der Waals surface area contributed by atoms with Crippen molar-refractivity contribution in [1.82, 2.24) is 4.98 Å². The van der Waals surface area contributed by atoms with E-state index in [9.17, 15) is 0 Å². The zero-order valence-electron chi connectivity index (χ0n) is 6.44. The van der Waals surface area contributed by atoms with Gasteiger partial charge in [-0.3, -0.25) is 4.98 Å². The SMILES string of the molecule is CC(O)C=Cc1cccnc1. The molecule has 0 aliphatic heterocycles. The minimum absolute atomic E-state index is 0.393. The largest absolute Gasteiger partial charge is 0.389 e. The van der Waals surface area contributed by atoms with Crippen LogP contribution in [0.5, 0.6) is 0 Å². The normalized spacial score (nSPS) is 13.6. The van der Waals surface area contributed by atoms with E-state index in [0.29, 0.717) is 0 Å². The third-order valence-electron chi connectivity index (χ3n) is 1.25. The molecule has 0 aliphatic carbocycles. The second kappa shape index (κ2) is 3.88. The smallest absolute Gasteiger partial charge is 0.0696 e. The molecule has 1 rings (SSSR count). The molecule has 0 spiro atoms. The lowest BCUT2D eigenvalue weighted by atomic mass is 10.2. The molecule has 1 aromatic rings. The van der Waals surface area contributed by atoms with Crippen LogP contribution in [0.25, 0.3) is 6.08 Å². The summed E-state index contributed by atoms with van der Waals surface area (Å²) in [5.41, 5.74) is 1.01. The van der Waals surface area contributed by atoms with Crippen LogP contribution in [0.15, 0.2) is 30.6 Å². The molecule has 0 aliphatic rings. The van der Waals surface area contributed by atoms with Gasteiger partial charge < -0.3 is 5.11 Å². The summed E-state index contributed by atoms with van der Waals surface area (Å²) in [6, 6.07) is 3.80. The number of pyridine rings is 1. The zero-order chi connectivity index (χ0) is 8.10. The number of aliphatic hydroxyl groups excluding tert-OH is 1. The lowest BCUT2D eigenvalue weighted by molar-refractivity contribution is 0.245. The van der Waals surface area contributed by atoms with E-state index in [0.717, 1.165) is 5.56 Å². The average molecular weight is 149 g/mol. The Morgan fingerprint density at radius 2 is 2.45 bits per heavy atom. The Morgan fingerprint density at radius 3 is 3.00 bits per heavy atom. The summed E-state index contributed by atoms with van der Waals surface area (Å²) in [5, 5.41) is 8.91. The average Bonchev–Trinajstić information content (AvgIpc) is 2.03. The maximum absolute atomic E-state index is 8.91. The first kappa shape index (κ1) is 7.95. The second-order valence-corrected chi connectivity index (χ2v) is 2.39. The zero-order valence-corrected chi connectivity index (χ0v) is 6.44. The van der Waals surface area contributed by atoms with E-state index in [1.165, 1.54) is 0 Å². The number of aliphatic hydroxyl groups is 1. The van der Waals surface area contributed by atoms with Crippen molar-refractivity contribution in [2.75, 3.05) is 0 Å². The standard InChI is InChI=1S/C9H11NO/c1-8(11)4-5-9-3-2-6-10-7-9/h2-8,11H,1H3. The van der Waals surface area contributed by atoms with Crippen LogP contribution in [0.3, 0.4) is 0 Å². The fourth-order valence-corrected chi connectivity index (χ4v) is 0.725. The van der Waals surface area contributed by atoms with Gasteiger partial charge in [0.15, 0.2) is 0 Å². The van der Waals surface area contributed by atoms with Gasteiger partial charge in [-0.05, 0) is 18.6 Å². The summed E-state index contributed by atoms with van der Waals surface area (Å²) in [5.74, 6) is 0. The third-order valence-corrected chi connectivity index (χ3v) is 1.25. The van der Waals surface area contributed by atoms with Crippen LogP contribution in [0.1, 0.15) is 12.5 Å². The predicted octanol–water partition coefficient (Wildman–Crippen LogP) is 1.48. The molecule has 0 saturated carbocycles. The monoisotopic (exact) mass is 149 g/mol. The van der Waals surface area contributed by atoms with Gasteiger partial charge >= 0.3 is 0 Å². The molecule has 0 bridgehead atoms. The van der Waals surface area contributed by atoms with Gasteiger partial charge in [-0.1, -0.05) is 18.2 Å². The molecule has 0 fully saturated rings. The Kier molecular flexibility index (Phi) is 2.81. The van der Waals surface area contributed by atoms with Gasteiger partial charge in [0.2, 0.25) is 0 Å². The molecule has 1 heterocycles. The maximum Gasteiger partial charge on any atom is 0.0696 e. The predicted molar refractivity (Wildman–Crippen MR) is 45.0 cm³/mol. The van der Waals surface area contributed by atoms with Gasteiger partial charge in [-0.25, -0.2) is 0 Å². The summed E-state index contributed by atoms with van der Waals surface area (Å²) in [4.78, 5) is 3.93. The van der Waals surface area contributed by atoms with Crippen molar-refractivity contribution in [1.29, 1.82) is 0 Å². The van der Waals surface area contributed by atoms with Crippen LogP contribution < -0.4 is 0 Å². The summed E-state index contributed by atoms with van der Waals surface area (Å²) in [6.07, 6.45) is 6.64. The van der Waals surface area contributed by atoms with Crippen LogP contribution in [-0.2, 0) is 0 Å². The highest BCUT2D eigenvalue weighted by Crippen LogP contribution is 1.99. The summed E-state index contributed by atoms with van der Waals surface area (Å²) in [7, 11) is 0. The minimum atomic E-state index is -0.393. The maximum atomic E-state index is 8.91. The number of hydrogen-bond acceptors (Lipinski definition) is 2. The van der Waals surface area contributed by atoms with E-state index in [2.05, 4.69) is 4.98 Å². The van der Waals surface area contributed by atoms with Gasteiger partial charge in [0, 0.05) is 12.4 Å². The molecule has 1 aromatic heterocycles. The van der Waals surface area contributed by atoms with Crippen LogP contribution >= 0.6 is 0 Å². The Labute approximate surface area is 66.2 Å². The molecule has 0 aromatic carbocycles. The Hall–Kier alpha value is -1.15. The van der Waals surface area contributed by atoms with Crippen LogP contribution in [-0.4, -0.2) is 16.2 Å². The molecule has 0 saturated heterocycles. The van der Waals surface area contributed by atoms with Crippen molar-refractivity contribution >= 4 is 6.08 Å². The lowest BCUT2D eigenvalue weighted by Crippen LogP contribution is -1.91. The molecule has 2 heteroatoms. The van der Waals surface area contributed by atoms with E-state index >= 15 is 0 Å². The molecule has 11 heavy (non-hydrogen) atoms. The van der Waals surface area contributed by atoms with E-state index < -0.39 is 6.10 Å². The highest BCUT2D eigenvalue weighted by Gasteiger charge is 1.86. The van der Waals surface area contributed by atoms with Crippen molar-refractivity contribution in [3.8, 4) is 0 Å². The van der Waals surface area contributed by atoms with Crippen LogP contribution in [0.2, 0.25) is 0 Å². The van der Waals surface area contributed by atoms with Crippen molar-refractivity contribution in [2.24, 2.45) is 0 Å².